The van der Waals surface area contributed by atoms with E-state index in [1.807, 2.05) is 0 Å². The molecule has 0 unspecified atom stereocenters. The molecule has 11 heteroatoms. The van der Waals surface area contributed by atoms with Gasteiger partial charge < -0.3 is 15.0 Å². The monoisotopic (exact) mass is 426 g/mol. The number of nitrogens with zero attached hydrogens (tertiary/aromatic N) is 3. The van der Waals surface area contributed by atoms with Gasteiger partial charge in [-0.05, 0) is 23.8 Å². The first-order valence-corrected chi connectivity index (χ1v) is 9.24. The van der Waals surface area contributed by atoms with Gasteiger partial charge in [0.1, 0.15) is 5.70 Å². The number of morpholine rings is 1. The highest BCUT2D eigenvalue weighted by molar-refractivity contribution is 6.05. The lowest BCUT2D eigenvalue weighted by molar-refractivity contribution is -0.385. The fourth-order valence-corrected chi connectivity index (χ4v) is 2.91. The van der Waals surface area contributed by atoms with Gasteiger partial charge in [0.25, 0.3) is 23.2 Å². The number of nitrogens with one attached hydrogen (secondary N) is 1. The Bertz CT molecular complexity index is 1040. The zero-order valence-electron chi connectivity index (χ0n) is 16.2. The molecule has 0 atom stereocenters. The molecular weight excluding hydrogens is 408 g/mol. The Hall–Kier alpha value is -4.12. The van der Waals surface area contributed by atoms with E-state index in [0.29, 0.717) is 31.9 Å². The predicted octanol–water partition coefficient (Wildman–Crippen LogP) is 2.13. The highest BCUT2D eigenvalue weighted by Gasteiger charge is 2.23. The van der Waals surface area contributed by atoms with Crippen LogP contribution in [0.3, 0.4) is 0 Å². The third-order valence-corrected chi connectivity index (χ3v) is 4.51. The molecule has 1 heterocycles. The van der Waals surface area contributed by atoms with Gasteiger partial charge in [0.2, 0.25) is 0 Å². The Kier molecular flexibility index (Phi) is 6.67. The van der Waals surface area contributed by atoms with Crippen LogP contribution in [-0.2, 0) is 9.53 Å². The van der Waals surface area contributed by atoms with E-state index >= 15 is 0 Å². The molecule has 1 fully saturated rings. The smallest absolute Gasteiger partial charge is 0.270 e. The highest BCUT2D eigenvalue weighted by Crippen LogP contribution is 2.17. The Morgan fingerprint density at radius 2 is 1.61 bits per heavy atom. The van der Waals surface area contributed by atoms with E-state index in [1.165, 1.54) is 53.4 Å². The van der Waals surface area contributed by atoms with Crippen molar-refractivity contribution < 1.29 is 24.2 Å². The lowest BCUT2D eigenvalue weighted by Crippen LogP contribution is -2.44. The average Bonchev–Trinajstić information content (AvgIpc) is 2.79. The summed E-state index contributed by atoms with van der Waals surface area (Å²) in [7, 11) is 0. The van der Waals surface area contributed by atoms with E-state index in [0.717, 1.165) is 0 Å². The van der Waals surface area contributed by atoms with Gasteiger partial charge >= 0.3 is 0 Å². The number of carbonyl (C=O) groups is 2. The molecule has 0 radical (unpaired) electrons. The van der Waals surface area contributed by atoms with Crippen molar-refractivity contribution in [2.24, 2.45) is 0 Å². The Balaban J connectivity index is 1.90. The van der Waals surface area contributed by atoms with Crippen molar-refractivity contribution >= 4 is 29.3 Å². The Morgan fingerprint density at radius 3 is 2.23 bits per heavy atom. The van der Waals surface area contributed by atoms with Crippen LogP contribution in [0.4, 0.5) is 11.4 Å². The molecule has 31 heavy (non-hydrogen) atoms. The largest absolute Gasteiger partial charge is 0.378 e. The number of hydrogen-bond acceptors (Lipinski definition) is 7. The van der Waals surface area contributed by atoms with E-state index in [4.69, 9.17) is 4.74 Å². The van der Waals surface area contributed by atoms with Crippen molar-refractivity contribution in [1.82, 2.24) is 10.2 Å². The first kappa shape index (κ1) is 21.6. The van der Waals surface area contributed by atoms with Gasteiger partial charge in [-0.25, -0.2) is 0 Å². The molecule has 160 valence electrons. The number of nitro groups is 2. The van der Waals surface area contributed by atoms with Crippen molar-refractivity contribution in [3.63, 3.8) is 0 Å². The number of amides is 2. The molecular formula is C20H18N4O7. The van der Waals surface area contributed by atoms with Crippen molar-refractivity contribution in [3.05, 3.63) is 85.6 Å². The second kappa shape index (κ2) is 9.59. The molecule has 0 aliphatic carbocycles. The zero-order chi connectivity index (χ0) is 22.4. The van der Waals surface area contributed by atoms with Crippen LogP contribution in [0.15, 0.2) is 54.2 Å². The molecule has 0 spiro atoms. The van der Waals surface area contributed by atoms with Crippen LogP contribution in [0.1, 0.15) is 15.9 Å². The first-order chi connectivity index (χ1) is 14.8. The molecule has 1 aliphatic rings. The highest BCUT2D eigenvalue weighted by atomic mass is 16.6. The van der Waals surface area contributed by atoms with Crippen LogP contribution in [0.2, 0.25) is 0 Å². The fraction of sp³-hybridized carbons (Fsp3) is 0.200. The standard InChI is InChI=1S/C20H18N4O7/c25-19(15-4-6-16(7-5-15)23(27)28)21-18(20(26)22-8-10-31-11-9-22)13-14-2-1-3-17(12-14)24(29)30/h1-7,12-13H,8-11H2,(H,21,25). The van der Waals surface area contributed by atoms with Crippen LogP contribution >= 0.6 is 0 Å². The summed E-state index contributed by atoms with van der Waals surface area (Å²) in [5.41, 5.74) is 0.0628. The molecule has 0 aromatic heterocycles. The lowest BCUT2D eigenvalue weighted by atomic mass is 10.1. The fourth-order valence-electron chi connectivity index (χ4n) is 2.91. The van der Waals surface area contributed by atoms with Crippen LogP contribution < -0.4 is 5.32 Å². The topological polar surface area (TPSA) is 145 Å². The molecule has 2 aromatic rings. The minimum atomic E-state index is -0.645. The second-order valence-corrected chi connectivity index (χ2v) is 6.57. The van der Waals surface area contributed by atoms with Gasteiger partial charge in [0.05, 0.1) is 23.1 Å². The van der Waals surface area contributed by atoms with Gasteiger partial charge in [-0.1, -0.05) is 12.1 Å². The summed E-state index contributed by atoms with van der Waals surface area (Å²) >= 11 is 0. The molecule has 1 N–H and O–H groups in total. The first-order valence-electron chi connectivity index (χ1n) is 9.24. The molecule has 2 amide bonds. The number of benzene rings is 2. The number of nitro benzene ring substituents is 2. The molecule has 1 saturated heterocycles. The zero-order valence-corrected chi connectivity index (χ0v) is 16.2. The normalized spacial score (nSPS) is 14.1. The predicted molar refractivity (Wildman–Crippen MR) is 109 cm³/mol. The number of rotatable bonds is 6. The number of non-ortho nitro benzene ring substituents is 2. The molecule has 11 nitrogen and oxygen atoms in total. The van der Waals surface area contributed by atoms with Gasteiger partial charge in [-0.15, -0.1) is 0 Å². The van der Waals surface area contributed by atoms with Crippen LogP contribution in [0.5, 0.6) is 0 Å². The molecule has 0 bridgehead atoms. The SMILES string of the molecule is O=C(NC(=Cc1cccc([N+](=O)[O-])c1)C(=O)N1CCOCC1)c1ccc([N+](=O)[O-])cc1. The third kappa shape index (κ3) is 5.48. The van der Waals surface area contributed by atoms with E-state index in [9.17, 15) is 29.8 Å². The maximum absolute atomic E-state index is 13.0. The quantitative estimate of drug-likeness (QED) is 0.423. The van der Waals surface area contributed by atoms with E-state index in [1.54, 1.807) is 6.07 Å². The number of ether oxygens (including phenoxy) is 1. The van der Waals surface area contributed by atoms with Crippen LogP contribution in [0, 0.1) is 20.2 Å². The minimum Gasteiger partial charge on any atom is -0.378 e. The van der Waals surface area contributed by atoms with Gasteiger partial charge in [-0.2, -0.15) is 0 Å². The molecule has 3 rings (SSSR count). The van der Waals surface area contributed by atoms with Gasteiger partial charge in [0, 0.05) is 42.9 Å². The number of carbonyl (C=O) groups excluding carboxylic acids is 2. The lowest BCUT2D eigenvalue weighted by Gasteiger charge is -2.27. The summed E-state index contributed by atoms with van der Waals surface area (Å²) in [4.78, 5) is 47.8. The third-order valence-electron chi connectivity index (χ3n) is 4.51. The maximum Gasteiger partial charge on any atom is 0.270 e. The van der Waals surface area contributed by atoms with Gasteiger partial charge in [0.15, 0.2) is 0 Å². The molecule has 2 aromatic carbocycles. The van der Waals surface area contributed by atoms with Crippen LogP contribution in [-0.4, -0.2) is 52.9 Å². The summed E-state index contributed by atoms with van der Waals surface area (Å²) in [6, 6.07) is 10.6. The maximum atomic E-state index is 13.0. The Morgan fingerprint density at radius 1 is 0.968 bits per heavy atom. The Labute approximate surface area is 176 Å². The summed E-state index contributed by atoms with van der Waals surface area (Å²) in [6.07, 6.45) is 1.36. The van der Waals surface area contributed by atoms with E-state index in [2.05, 4.69) is 5.32 Å². The summed E-state index contributed by atoms with van der Waals surface area (Å²) < 4.78 is 5.24. The summed E-state index contributed by atoms with van der Waals surface area (Å²) in [6.45, 7) is 1.37. The van der Waals surface area contributed by atoms with E-state index < -0.39 is 21.7 Å². The molecule has 0 saturated carbocycles. The molecule has 1 aliphatic heterocycles. The average molecular weight is 426 g/mol. The van der Waals surface area contributed by atoms with Gasteiger partial charge in [-0.3, -0.25) is 29.8 Å². The van der Waals surface area contributed by atoms with Crippen molar-refractivity contribution in [2.75, 3.05) is 26.3 Å². The second-order valence-electron chi connectivity index (χ2n) is 6.57. The van der Waals surface area contributed by atoms with Crippen molar-refractivity contribution in [1.29, 1.82) is 0 Å². The van der Waals surface area contributed by atoms with Crippen molar-refractivity contribution in [2.45, 2.75) is 0 Å². The minimum absolute atomic E-state index is 0.0780. The van der Waals surface area contributed by atoms with Crippen LogP contribution in [0.25, 0.3) is 6.08 Å². The summed E-state index contributed by atoms with van der Waals surface area (Å²) in [5.74, 6) is -1.11. The number of hydrogen-bond donors (Lipinski definition) is 1. The van der Waals surface area contributed by atoms with Crippen molar-refractivity contribution in [3.8, 4) is 0 Å². The summed E-state index contributed by atoms with van der Waals surface area (Å²) in [5, 5.41) is 24.4. The van der Waals surface area contributed by atoms with E-state index in [-0.39, 0.29) is 22.6 Å².